The van der Waals surface area contributed by atoms with Crippen molar-refractivity contribution in [2.45, 2.75) is 0 Å². The van der Waals surface area contributed by atoms with Gasteiger partial charge in [-0.05, 0) is 52.9 Å². The largest absolute Gasteiger partial charge is 0.393 e. The highest BCUT2D eigenvalue weighted by molar-refractivity contribution is 14.1. The zero-order valence-electron chi connectivity index (χ0n) is 10.5. The Morgan fingerprint density at radius 1 is 1.29 bits per heavy atom. The average molecular weight is 401 g/mol. The molecule has 0 saturated carbocycles. The molecule has 2 rings (SSSR count). The normalized spacial score (nSPS) is 10.2. The van der Waals surface area contributed by atoms with Crippen molar-refractivity contribution in [3.63, 3.8) is 0 Å². The number of nitro groups is 1. The second kappa shape index (κ2) is 6.04. The number of halogens is 2. The number of hydrogen-bond acceptors (Lipinski definition) is 4. The van der Waals surface area contributed by atoms with Crippen molar-refractivity contribution in [3.8, 4) is 0 Å². The Labute approximate surface area is 132 Å². The fourth-order valence-corrected chi connectivity index (χ4v) is 2.24. The Kier molecular flexibility index (Phi) is 4.36. The molecule has 0 atom stereocenters. The Morgan fingerprint density at radius 3 is 2.62 bits per heavy atom. The van der Waals surface area contributed by atoms with Gasteiger partial charge in [-0.15, -0.1) is 0 Å². The number of anilines is 2. The van der Waals surface area contributed by atoms with E-state index in [0.29, 0.717) is 9.26 Å². The van der Waals surface area contributed by atoms with E-state index in [0.717, 1.165) is 6.07 Å². The topological polar surface area (TPSA) is 98.3 Å². The van der Waals surface area contributed by atoms with Crippen LogP contribution in [0.5, 0.6) is 0 Å². The molecule has 0 heterocycles. The molecule has 0 spiro atoms. The molecule has 1 amide bonds. The van der Waals surface area contributed by atoms with Crippen molar-refractivity contribution in [2.75, 3.05) is 11.1 Å². The molecular weight excluding hydrogens is 392 g/mol. The molecule has 108 valence electrons. The van der Waals surface area contributed by atoms with Gasteiger partial charge in [0.1, 0.15) is 11.5 Å². The minimum absolute atomic E-state index is 0.0205. The first kappa shape index (κ1) is 15.2. The number of amides is 1. The molecule has 0 radical (unpaired) electrons. The minimum atomic E-state index is -0.659. The van der Waals surface area contributed by atoms with Gasteiger partial charge in [-0.2, -0.15) is 0 Å². The highest BCUT2D eigenvalue weighted by atomic mass is 127. The molecule has 0 bridgehead atoms. The number of carbonyl (C=O) groups excluding carboxylic acids is 1. The lowest BCUT2D eigenvalue weighted by molar-refractivity contribution is -0.383. The predicted molar refractivity (Wildman–Crippen MR) is 84.6 cm³/mol. The minimum Gasteiger partial charge on any atom is -0.393 e. The third kappa shape index (κ3) is 3.45. The van der Waals surface area contributed by atoms with Crippen LogP contribution in [0.4, 0.5) is 21.5 Å². The molecule has 0 fully saturated rings. The van der Waals surface area contributed by atoms with Gasteiger partial charge in [0.2, 0.25) is 0 Å². The number of nitrogens with zero attached hydrogens (tertiary/aromatic N) is 1. The van der Waals surface area contributed by atoms with Gasteiger partial charge in [0, 0.05) is 15.2 Å². The first-order valence-corrected chi connectivity index (χ1v) is 6.76. The summed E-state index contributed by atoms with van der Waals surface area (Å²) in [7, 11) is 0. The monoisotopic (exact) mass is 401 g/mol. The van der Waals surface area contributed by atoms with Crippen molar-refractivity contribution in [3.05, 3.63) is 61.5 Å². The van der Waals surface area contributed by atoms with Crippen LogP contribution in [0, 0.1) is 19.5 Å². The zero-order chi connectivity index (χ0) is 15.6. The predicted octanol–water partition coefficient (Wildman–Crippen LogP) is 3.17. The van der Waals surface area contributed by atoms with Crippen LogP contribution in [0.1, 0.15) is 10.4 Å². The molecule has 0 unspecified atom stereocenters. The maximum absolute atomic E-state index is 13.0. The Morgan fingerprint density at radius 2 is 2.00 bits per heavy atom. The number of nitrogens with one attached hydrogen (secondary N) is 1. The van der Waals surface area contributed by atoms with Gasteiger partial charge in [-0.3, -0.25) is 14.9 Å². The number of nitro benzene ring substituents is 1. The van der Waals surface area contributed by atoms with E-state index in [9.17, 15) is 19.3 Å². The van der Waals surface area contributed by atoms with Crippen LogP contribution in [0.2, 0.25) is 0 Å². The van der Waals surface area contributed by atoms with Crippen LogP contribution in [-0.4, -0.2) is 10.8 Å². The second-order valence-electron chi connectivity index (χ2n) is 4.11. The van der Waals surface area contributed by atoms with Crippen molar-refractivity contribution in [2.24, 2.45) is 0 Å². The molecular formula is C13H9FIN3O3. The summed E-state index contributed by atoms with van der Waals surface area (Å²) >= 11 is 1.88. The van der Waals surface area contributed by atoms with Crippen LogP contribution in [0.25, 0.3) is 0 Å². The zero-order valence-corrected chi connectivity index (χ0v) is 12.6. The summed E-state index contributed by atoms with van der Waals surface area (Å²) in [5, 5.41) is 13.4. The summed E-state index contributed by atoms with van der Waals surface area (Å²) in [4.78, 5) is 22.2. The quantitative estimate of drug-likeness (QED) is 0.357. The second-order valence-corrected chi connectivity index (χ2v) is 5.27. The summed E-state index contributed by atoms with van der Waals surface area (Å²) in [6.07, 6.45) is 0. The molecule has 0 aliphatic carbocycles. The third-order valence-electron chi connectivity index (χ3n) is 2.67. The lowest BCUT2D eigenvalue weighted by Crippen LogP contribution is -2.13. The van der Waals surface area contributed by atoms with Crippen LogP contribution >= 0.6 is 22.6 Å². The summed E-state index contributed by atoms with van der Waals surface area (Å²) in [5.41, 5.74) is 5.62. The Bertz CT molecular complexity index is 737. The molecule has 0 saturated heterocycles. The molecule has 8 heteroatoms. The fraction of sp³-hybridized carbons (Fsp3) is 0. The molecule has 3 N–H and O–H groups in total. The third-order valence-corrected chi connectivity index (χ3v) is 3.56. The molecule has 2 aromatic rings. The smallest absolute Gasteiger partial charge is 0.292 e. The van der Waals surface area contributed by atoms with Crippen molar-refractivity contribution in [1.29, 1.82) is 0 Å². The number of benzene rings is 2. The van der Waals surface area contributed by atoms with Crippen molar-refractivity contribution < 1.29 is 14.1 Å². The van der Waals surface area contributed by atoms with Gasteiger partial charge < -0.3 is 11.1 Å². The van der Waals surface area contributed by atoms with Gasteiger partial charge >= 0.3 is 0 Å². The van der Waals surface area contributed by atoms with Crippen LogP contribution in [-0.2, 0) is 0 Å². The van der Waals surface area contributed by atoms with Gasteiger partial charge in [0.05, 0.1) is 10.6 Å². The first-order chi connectivity index (χ1) is 9.88. The molecule has 6 nitrogen and oxygen atoms in total. The Balaban J connectivity index is 2.28. The van der Waals surface area contributed by atoms with E-state index in [1.165, 1.54) is 30.3 Å². The van der Waals surface area contributed by atoms with E-state index in [1.54, 1.807) is 0 Å². The highest BCUT2D eigenvalue weighted by Crippen LogP contribution is 2.24. The number of hydrogen-bond donors (Lipinski definition) is 2. The molecule has 0 aliphatic rings. The first-order valence-electron chi connectivity index (χ1n) is 5.69. The van der Waals surface area contributed by atoms with E-state index in [-0.39, 0.29) is 16.9 Å². The van der Waals surface area contributed by atoms with Crippen LogP contribution in [0.15, 0.2) is 36.4 Å². The summed E-state index contributed by atoms with van der Waals surface area (Å²) in [6, 6.07) is 7.67. The van der Waals surface area contributed by atoms with Gasteiger partial charge in [0.15, 0.2) is 0 Å². The summed E-state index contributed by atoms with van der Waals surface area (Å²) in [6.45, 7) is 0. The number of nitrogen functional groups attached to an aromatic ring is 1. The van der Waals surface area contributed by atoms with Crippen LogP contribution < -0.4 is 11.1 Å². The molecule has 21 heavy (non-hydrogen) atoms. The lowest BCUT2D eigenvalue weighted by atomic mass is 10.1. The summed E-state index contributed by atoms with van der Waals surface area (Å²) in [5.74, 6) is -0.955. The Hall–Kier alpha value is -2.23. The summed E-state index contributed by atoms with van der Waals surface area (Å²) < 4.78 is 13.5. The van der Waals surface area contributed by atoms with Gasteiger partial charge in [-0.25, -0.2) is 4.39 Å². The van der Waals surface area contributed by atoms with Gasteiger partial charge in [-0.1, -0.05) is 0 Å². The van der Waals surface area contributed by atoms with Gasteiger partial charge in [0.25, 0.3) is 11.6 Å². The van der Waals surface area contributed by atoms with Crippen molar-refractivity contribution >= 4 is 45.6 Å². The number of carbonyl (C=O) groups is 1. The number of nitrogens with two attached hydrogens (primary N) is 1. The number of rotatable bonds is 3. The van der Waals surface area contributed by atoms with Crippen molar-refractivity contribution in [1.82, 2.24) is 0 Å². The molecule has 2 aromatic carbocycles. The van der Waals surface area contributed by atoms with E-state index < -0.39 is 16.6 Å². The fourth-order valence-electron chi connectivity index (χ4n) is 1.63. The SMILES string of the molecule is Nc1ccc(C(=O)Nc2ccc(F)cc2I)cc1[N+](=O)[O-]. The van der Waals surface area contributed by atoms with E-state index >= 15 is 0 Å². The maximum Gasteiger partial charge on any atom is 0.292 e. The molecule has 0 aromatic heterocycles. The van der Waals surface area contributed by atoms with Crippen LogP contribution in [0.3, 0.4) is 0 Å². The molecule has 0 aliphatic heterocycles. The van der Waals surface area contributed by atoms with E-state index in [2.05, 4.69) is 5.32 Å². The van der Waals surface area contributed by atoms with E-state index in [4.69, 9.17) is 5.73 Å². The van der Waals surface area contributed by atoms with E-state index in [1.807, 2.05) is 22.6 Å². The highest BCUT2D eigenvalue weighted by Gasteiger charge is 2.16. The lowest BCUT2D eigenvalue weighted by Gasteiger charge is -2.08. The standard InChI is InChI=1S/C13H9FIN3O3/c14-8-2-4-11(9(15)6-8)17-13(19)7-1-3-10(16)12(5-7)18(20)21/h1-6H,16H2,(H,17,19). The average Bonchev–Trinajstić information content (AvgIpc) is 2.42. The maximum atomic E-state index is 13.0.